The van der Waals surface area contributed by atoms with E-state index < -0.39 is 0 Å². The first-order valence-corrected chi connectivity index (χ1v) is 8.13. The Hall–Kier alpha value is -0.670. The molecule has 2 aromatic rings. The van der Waals surface area contributed by atoms with Crippen LogP contribution in [-0.2, 0) is 13.1 Å². The lowest BCUT2D eigenvalue weighted by Crippen LogP contribution is -2.36. The summed E-state index contributed by atoms with van der Waals surface area (Å²) in [6, 6.07) is 8.84. The third-order valence-electron chi connectivity index (χ3n) is 2.90. The predicted molar refractivity (Wildman–Crippen MR) is 106 cm³/mol. The van der Waals surface area contributed by atoms with Gasteiger partial charge in [0.15, 0.2) is 5.96 Å². The van der Waals surface area contributed by atoms with Crippen LogP contribution in [0.3, 0.4) is 0 Å². The number of aryl methyl sites for hydroxylation is 1. The Labute approximate surface area is 159 Å². The highest BCUT2D eigenvalue weighted by molar-refractivity contribution is 14.0. The summed E-state index contributed by atoms with van der Waals surface area (Å²) < 4.78 is 14.1. The average Bonchev–Trinajstić information content (AvgIpc) is 2.88. The molecule has 120 valence electrons. The zero-order chi connectivity index (χ0) is 15.2. The van der Waals surface area contributed by atoms with Crippen LogP contribution in [0, 0.1) is 12.7 Å². The minimum Gasteiger partial charge on any atom is -0.352 e. The molecule has 3 nitrogen and oxygen atoms in total. The van der Waals surface area contributed by atoms with E-state index in [9.17, 15) is 4.39 Å². The molecule has 0 saturated heterocycles. The Morgan fingerprint density at radius 1 is 1.23 bits per heavy atom. The standard InChI is InChI=1S/C15H17BrFN3S.HI/c1-10-3-5-13(21-10)9-20-15(18-2)19-8-11-7-12(17)4-6-14(11)16;/h3-7H,8-9H2,1-2H3,(H2,18,19,20);1H. The highest BCUT2D eigenvalue weighted by Gasteiger charge is 2.04. The largest absolute Gasteiger partial charge is 0.352 e. The van der Waals surface area contributed by atoms with Crippen LogP contribution in [0.25, 0.3) is 0 Å². The number of rotatable bonds is 4. The summed E-state index contributed by atoms with van der Waals surface area (Å²) in [5, 5.41) is 6.42. The number of nitrogens with one attached hydrogen (secondary N) is 2. The number of thiophene rings is 1. The molecular formula is C15H18BrFIN3S. The fraction of sp³-hybridized carbons (Fsp3) is 0.267. The molecule has 0 fully saturated rings. The topological polar surface area (TPSA) is 36.4 Å². The smallest absolute Gasteiger partial charge is 0.191 e. The molecule has 0 amide bonds. The summed E-state index contributed by atoms with van der Waals surface area (Å²) in [6.45, 7) is 3.31. The zero-order valence-corrected chi connectivity index (χ0v) is 17.1. The first kappa shape index (κ1) is 19.4. The normalized spacial score (nSPS) is 11.0. The number of aliphatic imine (C=N–C) groups is 1. The summed E-state index contributed by atoms with van der Waals surface area (Å²) in [5.74, 6) is 0.448. The lowest BCUT2D eigenvalue weighted by molar-refractivity contribution is 0.624. The first-order chi connectivity index (χ1) is 10.1. The van der Waals surface area contributed by atoms with Crippen molar-refractivity contribution in [2.24, 2.45) is 4.99 Å². The van der Waals surface area contributed by atoms with Crippen molar-refractivity contribution in [1.82, 2.24) is 10.6 Å². The van der Waals surface area contributed by atoms with Gasteiger partial charge in [-0.15, -0.1) is 35.3 Å². The van der Waals surface area contributed by atoms with Crippen LogP contribution in [-0.4, -0.2) is 13.0 Å². The van der Waals surface area contributed by atoms with E-state index in [1.165, 1.54) is 21.9 Å². The van der Waals surface area contributed by atoms with Crippen LogP contribution in [0.2, 0.25) is 0 Å². The molecule has 0 saturated carbocycles. The van der Waals surface area contributed by atoms with Crippen LogP contribution in [0.1, 0.15) is 15.3 Å². The molecule has 0 bridgehead atoms. The van der Waals surface area contributed by atoms with Gasteiger partial charge in [-0.05, 0) is 42.8 Å². The van der Waals surface area contributed by atoms with Crippen molar-refractivity contribution in [1.29, 1.82) is 0 Å². The van der Waals surface area contributed by atoms with Gasteiger partial charge in [0.05, 0.1) is 6.54 Å². The van der Waals surface area contributed by atoms with Gasteiger partial charge in [-0.2, -0.15) is 0 Å². The van der Waals surface area contributed by atoms with Crippen molar-refractivity contribution in [3.05, 3.63) is 55.9 Å². The van der Waals surface area contributed by atoms with Crippen molar-refractivity contribution >= 4 is 57.2 Å². The van der Waals surface area contributed by atoms with Gasteiger partial charge in [-0.25, -0.2) is 4.39 Å². The molecule has 1 aromatic heterocycles. The molecule has 0 unspecified atom stereocenters. The van der Waals surface area contributed by atoms with E-state index in [0.717, 1.165) is 16.6 Å². The summed E-state index contributed by atoms with van der Waals surface area (Å²) in [5.41, 5.74) is 0.852. The number of benzene rings is 1. The Kier molecular flexibility index (Phi) is 8.34. The van der Waals surface area contributed by atoms with E-state index in [2.05, 4.69) is 50.6 Å². The van der Waals surface area contributed by atoms with Crippen molar-refractivity contribution in [2.75, 3.05) is 7.05 Å². The van der Waals surface area contributed by atoms with Crippen LogP contribution in [0.4, 0.5) is 4.39 Å². The minimum atomic E-state index is -0.244. The van der Waals surface area contributed by atoms with E-state index in [1.807, 2.05) is 0 Å². The molecule has 7 heteroatoms. The molecule has 0 radical (unpaired) electrons. The quantitative estimate of drug-likeness (QED) is 0.372. The van der Waals surface area contributed by atoms with E-state index in [0.29, 0.717) is 12.5 Å². The van der Waals surface area contributed by atoms with Crippen molar-refractivity contribution < 1.29 is 4.39 Å². The van der Waals surface area contributed by atoms with Gasteiger partial charge < -0.3 is 10.6 Å². The van der Waals surface area contributed by atoms with Gasteiger partial charge in [0, 0.05) is 27.8 Å². The van der Waals surface area contributed by atoms with Crippen LogP contribution in [0.15, 0.2) is 39.8 Å². The molecule has 1 heterocycles. The maximum atomic E-state index is 13.2. The van der Waals surface area contributed by atoms with Gasteiger partial charge in [-0.3, -0.25) is 4.99 Å². The average molecular weight is 498 g/mol. The second kappa shape index (κ2) is 9.46. The van der Waals surface area contributed by atoms with E-state index >= 15 is 0 Å². The SMILES string of the molecule is CN=C(NCc1ccc(C)s1)NCc1cc(F)ccc1Br.I. The fourth-order valence-corrected chi connectivity index (χ4v) is 3.05. The second-order valence-electron chi connectivity index (χ2n) is 4.53. The summed E-state index contributed by atoms with van der Waals surface area (Å²) >= 11 is 5.17. The molecule has 0 aliphatic heterocycles. The number of guanidine groups is 1. The lowest BCUT2D eigenvalue weighted by Gasteiger charge is -2.12. The Morgan fingerprint density at radius 3 is 2.59 bits per heavy atom. The maximum absolute atomic E-state index is 13.2. The van der Waals surface area contributed by atoms with Crippen molar-refractivity contribution in [3.63, 3.8) is 0 Å². The molecule has 0 atom stereocenters. The first-order valence-electron chi connectivity index (χ1n) is 6.52. The number of hydrogen-bond donors (Lipinski definition) is 2. The minimum absolute atomic E-state index is 0. The second-order valence-corrected chi connectivity index (χ2v) is 6.75. The fourth-order valence-electron chi connectivity index (χ4n) is 1.83. The van der Waals surface area contributed by atoms with E-state index in [4.69, 9.17) is 0 Å². The molecule has 0 spiro atoms. The lowest BCUT2D eigenvalue weighted by atomic mass is 10.2. The highest BCUT2D eigenvalue weighted by Crippen LogP contribution is 2.17. The van der Waals surface area contributed by atoms with Gasteiger partial charge in [0.2, 0.25) is 0 Å². The molecular weight excluding hydrogens is 480 g/mol. The van der Waals surface area contributed by atoms with Gasteiger partial charge in [0.1, 0.15) is 5.82 Å². The van der Waals surface area contributed by atoms with Gasteiger partial charge in [0.25, 0.3) is 0 Å². The summed E-state index contributed by atoms with van der Waals surface area (Å²) in [4.78, 5) is 6.71. The van der Waals surface area contributed by atoms with Gasteiger partial charge in [-0.1, -0.05) is 15.9 Å². The van der Waals surface area contributed by atoms with E-state index in [-0.39, 0.29) is 29.8 Å². The maximum Gasteiger partial charge on any atom is 0.191 e. The molecule has 2 N–H and O–H groups in total. The third kappa shape index (κ3) is 5.85. The zero-order valence-electron chi connectivity index (χ0n) is 12.3. The Balaban J connectivity index is 0.00000242. The van der Waals surface area contributed by atoms with Crippen LogP contribution in [0.5, 0.6) is 0 Å². The number of nitrogens with zero attached hydrogens (tertiary/aromatic N) is 1. The molecule has 0 aliphatic rings. The number of hydrogen-bond acceptors (Lipinski definition) is 2. The summed E-state index contributed by atoms with van der Waals surface area (Å²) in [7, 11) is 1.72. The molecule has 22 heavy (non-hydrogen) atoms. The van der Waals surface area contributed by atoms with Crippen molar-refractivity contribution in [3.8, 4) is 0 Å². The Morgan fingerprint density at radius 2 is 1.95 bits per heavy atom. The molecule has 2 rings (SSSR count). The molecule has 1 aromatic carbocycles. The predicted octanol–water partition coefficient (Wildman–Crippen LogP) is 4.44. The van der Waals surface area contributed by atoms with Gasteiger partial charge >= 0.3 is 0 Å². The Bertz CT molecular complexity index is 645. The van der Waals surface area contributed by atoms with Crippen LogP contribution < -0.4 is 10.6 Å². The van der Waals surface area contributed by atoms with E-state index in [1.54, 1.807) is 24.5 Å². The van der Waals surface area contributed by atoms with Crippen LogP contribution >= 0.6 is 51.2 Å². The molecule has 0 aliphatic carbocycles. The monoisotopic (exact) mass is 497 g/mol. The summed E-state index contributed by atoms with van der Waals surface area (Å²) in [6.07, 6.45) is 0. The third-order valence-corrected chi connectivity index (χ3v) is 4.68. The van der Waals surface area contributed by atoms with Crippen molar-refractivity contribution in [2.45, 2.75) is 20.0 Å². The number of halogens is 3. The highest BCUT2D eigenvalue weighted by atomic mass is 127.